The minimum absolute atomic E-state index is 0.322. The molecule has 6 heteroatoms. The zero-order valence-corrected chi connectivity index (χ0v) is 24.0. The molecule has 1 fully saturated rings. The van der Waals surface area contributed by atoms with Crippen molar-refractivity contribution in [3.63, 3.8) is 0 Å². The summed E-state index contributed by atoms with van der Waals surface area (Å²) < 4.78 is 14.8. The van der Waals surface area contributed by atoms with E-state index in [0.717, 1.165) is 40.7 Å². The highest BCUT2D eigenvalue weighted by atomic mass is 35.5. The monoisotopic (exact) mass is 552 g/mol. The molecule has 0 radical (unpaired) electrons. The van der Waals surface area contributed by atoms with E-state index in [2.05, 4.69) is 77.7 Å². The third-order valence-corrected chi connectivity index (χ3v) is 8.03. The Bertz CT molecular complexity index is 1580. The van der Waals surface area contributed by atoms with Crippen LogP contribution in [-0.2, 0) is 0 Å². The van der Waals surface area contributed by atoms with Gasteiger partial charge in [0.25, 0.3) is 0 Å². The standard InChI is InChI=1S/C34H34ClFN4/c1-22(2)40-16-13-26(14-17-40)25-9-7-24(8-10-25)23(3)18-27(21-37-4)30-20-33(31-19-28(35)11-12-32(31)36)39-34-29(30)6-5-15-38-34/h5-12,15,18-22,26H,4,13-14,16-17H2,1-3H3/b23-18+,27-21+. The number of rotatable bonds is 7. The lowest BCUT2D eigenvalue weighted by atomic mass is 9.88. The Hall–Kier alpha value is -3.67. The lowest BCUT2D eigenvalue weighted by Gasteiger charge is -2.34. The second-order valence-electron chi connectivity index (χ2n) is 10.7. The van der Waals surface area contributed by atoms with Gasteiger partial charge >= 0.3 is 0 Å². The van der Waals surface area contributed by atoms with E-state index in [4.69, 9.17) is 11.6 Å². The zero-order valence-electron chi connectivity index (χ0n) is 23.2. The highest BCUT2D eigenvalue weighted by Crippen LogP contribution is 2.34. The molecule has 40 heavy (non-hydrogen) atoms. The quantitative estimate of drug-likeness (QED) is 0.170. The summed E-state index contributed by atoms with van der Waals surface area (Å²) in [5.41, 5.74) is 6.59. The van der Waals surface area contributed by atoms with Crippen molar-refractivity contribution in [1.82, 2.24) is 14.9 Å². The molecule has 3 heterocycles. The van der Waals surface area contributed by atoms with Crippen LogP contribution in [0.4, 0.5) is 4.39 Å². The third-order valence-electron chi connectivity index (χ3n) is 7.80. The van der Waals surface area contributed by atoms with Gasteiger partial charge in [0.15, 0.2) is 5.65 Å². The molecule has 0 atom stereocenters. The van der Waals surface area contributed by atoms with Gasteiger partial charge in [-0.3, -0.25) is 4.99 Å². The molecule has 5 rings (SSSR count). The fraction of sp³-hybridized carbons (Fsp3) is 0.265. The lowest BCUT2D eigenvalue weighted by Crippen LogP contribution is -2.37. The van der Waals surface area contributed by atoms with Gasteiger partial charge in [0.05, 0.1) is 5.69 Å². The molecule has 4 aromatic rings. The summed E-state index contributed by atoms with van der Waals surface area (Å²) in [6, 6.07) is 19.7. The molecule has 1 saturated heterocycles. The summed E-state index contributed by atoms with van der Waals surface area (Å²) in [5.74, 6) is 0.210. The second-order valence-corrected chi connectivity index (χ2v) is 11.1. The SMILES string of the molecule is C=N/C=C(\C=C(/C)c1ccc(C2CCN(C(C)C)CC2)cc1)c1cc(-c2cc(Cl)ccc2F)nc2ncccc12. The van der Waals surface area contributed by atoms with Crippen LogP contribution in [-0.4, -0.2) is 40.7 Å². The Morgan fingerprint density at radius 2 is 1.85 bits per heavy atom. The van der Waals surface area contributed by atoms with Gasteiger partial charge < -0.3 is 4.90 Å². The summed E-state index contributed by atoms with van der Waals surface area (Å²) in [7, 11) is 0. The fourth-order valence-corrected chi connectivity index (χ4v) is 5.67. The third kappa shape index (κ3) is 6.06. The number of piperidine rings is 1. The average molecular weight is 553 g/mol. The molecule has 2 aromatic carbocycles. The smallest absolute Gasteiger partial charge is 0.160 e. The molecule has 1 aliphatic heterocycles. The van der Waals surface area contributed by atoms with Gasteiger partial charge in [0.2, 0.25) is 0 Å². The first-order valence-electron chi connectivity index (χ1n) is 13.7. The molecule has 204 valence electrons. The van der Waals surface area contributed by atoms with Gasteiger partial charge in [-0.25, -0.2) is 14.4 Å². The first-order chi connectivity index (χ1) is 19.3. The van der Waals surface area contributed by atoms with Gasteiger partial charge in [-0.15, -0.1) is 0 Å². The molecule has 0 unspecified atom stereocenters. The molecule has 0 saturated carbocycles. The van der Waals surface area contributed by atoms with E-state index in [1.54, 1.807) is 18.5 Å². The van der Waals surface area contributed by atoms with E-state index in [0.29, 0.717) is 33.9 Å². The number of aliphatic imine (C=N–C) groups is 1. The van der Waals surface area contributed by atoms with E-state index < -0.39 is 5.82 Å². The first kappa shape index (κ1) is 27.9. The number of hydrogen-bond acceptors (Lipinski definition) is 4. The van der Waals surface area contributed by atoms with Crippen molar-refractivity contribution >= 4 is 40.5 Å². The van der Waals surface area contributed by atoms with Crippen molar-refractivity contribution in [3.05, 3.63) is 107 Å². The van der Waals surface area contributed by atoms with Crippen molar-refractivity contribution in [2.45, 2.75) is 45.6 Å². The maximum atomic E-state index is 14.8. The number of likely N-dealkylation sites (tertiary alicyclic amines) is 1. The van der Waals surface area contributed by atoms with E-state index in [-0.39, 0.29) is 0 Å². The fourth-order valence-electron chi connectivity index (χ4n) is 5.49. The molecular weight excluding hydrogens is 519 g/mol. The summed E-state index contributed by atoms with van der Waals surface area (Å²) in [4.78, 5) is 15.8. The Morgan fingerprint density at radius 3 is 2.55 bits per heavy atom. The summed E-state index contributed by atoms with van der Waals surface area (Å²) >= 11 is 6.20. The number of aromatic nitrogens is 2. The Kier molecular flexibility index (Phi) is 8.53. The highest BCUT2D eigenvalue weighted by molar-refractivity contribution is 6.30. The van der Waals surface area contributed by atoms with Crippen LogP contribution in [0.1, 0.15) is 56.2 Å². The zero-order chi connectivity index (χ0) is 28.2. The molecule has 4 nitrogen and oxygen atoms in total. The van der Waals surface area contributed by atoms with Crippen LogP contribution in [0.25, 0.3) is 33.4 Å². The van der Waals surface area contributed by atoms with Gasteiger partial charge in [-0.05, 0) is 124 Å². The molecule has 0 bridgehead atoms. The molecule has 0 spiro atoms. The molecule has 0 N–H and O–H groups in total. The Labute approximate surface area is 241 Å². The number of nitrogens with zero attached hydrogens (tertiary/aromatic N) is 4. The molecule has 0 aliphatic carbocycles. The number of fused-ring (bicyclic) bond motifs is 1. The van der Waals surface area contributed by atoms with Gasteiger partial charge in [0, 0.05) is 40.0 Å². The maximum Gasteiger partial charge on any atom is 0.160 e. The maximum absolute atomic E-state index is 14.8. The van der Waals surface area contributed by atoms with Crippen molar-refractivity contribution < 1.29 is 4.39 Å². The lowest BCUT2D eigenvalue weighted by molar-refractivity contribution is 0.172. The van der Waals surface area contributed by atoms with Crippen LogP contribution in [0.5, 0.6) is 0 Å². The van der Waals surface area contributed by atoms with Gasteiger partial charge in [0.1, 0.15) is 5.82 Å². The van der Waals surface area contributed by atoms with E-state index in [1.807, 2.05) is 18.2 Å². The van der Waals surface area contributed by atoms with Crippen LogP contribution in [0.15, 0.2) is 84.1 Å². The molecular formula is C34H34ClFN4. The number of hydrogen-bond donors (Lipinski definition) is 0. The van der Waals surface area contributed by atoms with Crippen LogP contribution >= 0.6 is 11.6 Å². The summed E-state index contributed by atoms with van der Waals surface area (Å²) in [5, 5.41) is 1.28. The van der Waals surface area contributed by atoms with Crippen molar-refractivity contribution in [1.29, 1.82) is 0 Å². The van der Waals surface area contributed by atoms with Crippen LogP contribution < -0.4 is 0 Å². The Balaban J connectivity index is 1.49. The Morgan fingerprint density at radius 1 is 1.10 bits per heavy atom. The van der Waals surface area contributed by atoms with E-state index in [1.165, 1.54) is 30.5 Å². The topological polar surface area (TPSA) is 41.4 Å². The molecule has 0 amide bonds. The normalized spacial score (nSPS) is 15.7. The largest absolute Gasteiger partial charge is 0.301 e. The van der Waals surface area contributed by atoms with E-state index >= 15 is 0 Å². The van der Waals surface area contributed by atoms with Crippen LogP contribution in [0, 0.1) is 5.82 Å². The minimum atomic E-state index is -0.396. The van der Waals surface area contributed by atoms with Gasteiger partial charge in [-0.1, -0.05) is 35.9 Å². The average Bonchev–Trinajstić information content (AvgIpc) is 2.97. The summed E-state index contributed by atoms with van der Waals surface area (Å²) in [6.07, 6.45) is 7.89. The van der Waals surface area contributed by atoms with E-state index in [9.17, 15) is 4.39 Å². The minimum Gasteiger partial charge on any atom is -0.301 e. The first-order valence-corrected chi connectivity index (χ1v) is 14.1. The van der Waals surface area contributed by atoms with Crippen molar-refractivity contribution in [2.75, 3.05) is 13.1 Å². The predicted octanol–water partition coefficient (Wildman–Crippen LogP) is 8.82. The van der Waals surface area contributed by atoms with Gasteiger partial charge in [-0.2, -0.15) is 0 Å². The molecule has 2 aromatic heterocycles. The summed E-state index contributed by atoms with van der Waals surface area (Å²) in [6.45, 7) is 12.7. The predicted molar refractivity (Wildman–Crippen MR) is 166 cm³/mol. The number of pyridine rings is 2. The highest BCUT2D eigenvalue weighted by Gasteiger charge is 2.22. The van der Waals surface area contributed by atoms with Crippen LogP contribution in [0.3, 0.4) is 0 Å². The second kappa shape index (κ2) is 12.2. The number of halogens is 2. The van der Waals surface area contributed by atoms with Crippen molar-refractivity contribution in [3.8, 4) is 11.3 Å². The molecule has 1 aliphatic rings. The van der Waals surface area contributed by atoms with Crippen molar-refractivity contribution in [2.24, 2.45) is 4.99 Å². The number of benzene rings is 2. The van der Waals surface area contributed by atoms with Crippen LogP contribution in [0.2, 0.25) is 5.02 Å². The number of allylic oxidation sites excluding steroid dienone is 3.